The Hall–Kier alpha value is -2.02. The number of hydrogen-bond donors (Lipinski definition) is 0. The maximum absolute atomic E-state index is 5.30. The van der Waals surface area contributed by atoms with E-state index in [4.69, 9.17) is 4.74 Å². The van der Waals surface area contributed by atoms with Crippen molar-refractivity contribution >= 4 is 0 Å². The Morgan fingerprint density at radius 1 is 1.00 bits per heavy atom. The molecule has 0 saturated heterocycles. The lowest BCUT2D eigenvalue weighted by molar-refractivity contribution is 0.413. The van der Waals surface area contributed by atoms with Gasteiger partial charge < -0.3 is 4.74 Å². The van der Waals surface area contributed by atoms with E-state index in [1.807, 2.05) is 24.3 Å². The normalized spacial score (nSPS) is 13.7. The molecule has 0 bridgehead atoms. The summed E-state index contributed by atoms with van der Waals surface area (Å²) < 4.78 is 5.30. The van der Waals surface area contributed by atoms with Gasteiger partial charge in [-0.25, -0.2) is 0 Å². The molecule has 2 rings (SSSR count). The molecule has 0 amide bonds. The maximum Gasteiger partial charge on any atom is 0.119 e. The van der Waals surface area contributed by atoms with Gasteiger partial charge in [0.05, 0.1) is 7.11 Å². The predicted octanol–water partition coefficient (Wildman–Crippen LogP) is 4.19. The van der Waals surface area contributed by atoms with Crippen LogP contribution in [0.2, 0.25) is 0 Å². The van der Waals surface area contributed by atoms with Crippen LogP contribution < -0.4 is 4.74 Å². The summed E-state index contributed by atoms with van der Waals surface area (Å²) in [6.45, 7) is 6.17. The first-order chi connectivity index (χ1) is 8.70. The highest BCUT2D eigenvalue weighted by atomic mass is 16.5. The molecule has 0 spiro atoms. The molecule has 2 aromatic rings. The SMILES string of the molecule is C=C[C@@](C)(c1ccccc1)c1cccc(OC)c1. The first kappa shape index (κ1) is 12.4. The molecule has 2 aromatic carbocycles. The van der Waals surface area contributed by atoms with Crippen LogP contribution in [0.25, 0.3) is 0 Å². The van der Waals surface area contributed by atoms with Crippen molar-refractivity contribution in [1.29, 1.82) is 0 Å². The molecule has 0 fully saturated rings. The van der Waals surface area contributed by atoms with Gasteiger partial charge in [-0.05, 0) is 30.2 Å². The van der Waals surface area contributed by atoms with Gasteiger partial charge in [0, 0.05) is 5.41 Å². The summed E-state index contributed by atoms with van der Waals surface area (Å²) in [4.78, 5) is 0. The summed E-state index contributed by atoms with van der Waals surface area (Å²) >= 11 is 0. The third-order valence-electron chi connectivity index (χ3n) is 3.45. The maximum atomic E-state index is 5.30. The van der Waals surface area contributed by atoms with Crippen LogP contribution in [-0.4, -0.2) is 7.11 Å². The zero-order valence-electron chi connectivity index (χ0n) is 10.9. The number of ether oxygens (including phenoxy) is 1. The van der Waals surface area contributed by atoms with E-state index in [9.17, 15) is 0 Å². The second-order valence-corrected chi connectivity index (χ2v) is 4.50. The molecule has 92 valence electrons. The topological polar surface area (TPSA) is 9.23 Å². The average molecular weight is 238 g/mol. The Kier molecular flexibility index (Phi) is 3.52. The van der Waals surface area contributed by atoms with E-state index in [-0.39, 0.29) is 5.41 Å². The van der Waals surface area contributed by atoms with Gasteiger partial charge in [-0.15, -0.1) is 6.58 Å². The lowest BCUT2D eigenvalue weighted by Gasteiger charge is -2.27. The van der Waals surface area contributed by atoms with Crippen LogP contribution in [0.3, 0.4) is 0 Å². The third kappa shape index (κ3) is 2.17. The smallest absolute Gasteiger partial charge is 0.119 e. The molecule has 0 unspecified atom stereocenters. The van der Waals surface area contributed by atoms with E-state index in [0.29, 0.717) is 0 Å². The Morgan fingerprint density at radius 2 is 1.67 bits per heavy atom. The zero-order chi connectivity index (χ0) is 13.0. The lowest BCUT2D eigenvalue weighted by Crippen LogP contribution is -2.20. The molecular formula is C17H18O. The Balaban J connectivity index is 2.53. The largest absolute Gasteiger partial charge is 0.497 e. The molecule has 0 aliphatic heterocycles. The number of allylic oxidation sites excluding steroid dienone is 1. The summed E-state index contributed by atoms with van der Waals surface area (Å²) in [5, 5.41) is 0. The molecule has 0 saturated carbocycles. The molecule has 0 N–H and O–H groups in total. The van der Waals surface area contributed by atoms with Gasteiger partial charge in [0.25, 0.3) is 0 Å². The van der Waals surface area contributed by atoms with Crippen molar-refractivity contribution in [1.82, 2.24) is 0 Å². The summed E-state index contributed by atoms with van der Waals surface area (Å²) in [7, 11) is 1.69. The van der Waals surface area contributed by atoms with Gasteiger partial charge in [0.2, 0.25) is 0 Å². The quantitative estimate of drug-likeness (QED) is 0.726. The van der Waals surface area contributed by atoms with Crippen LogP contribution in [0.5, 0.6) is 5.75 Å². The Morgan fingerprint density at radius 3 is 2.28 bits per heavy atom. The molecular weight excluding hydrogens is 220 g/mol. The standard InChI is InChI=1S/C17H18O/c1-4-17(2,14-9-6-5-7-10-14)15-11-8-12-16(13-15)18-3/h4-13H,1H2,2-3H3/t17-/m0/s1. The molecule has 18 heavy (non-hydrogen) atoms. The number of rotatable bonds is 4. The van der Waals surface area contributed by atoms with Gasteiger partial charge in [-0.1, -0.05) is 48.5 Å². The highest BCUT2D eigenvalue weighted by Gasteiger charge is 2.25. The van der Waals surface area contributed by atoms with Crippen molar-refractivity contribution < 1.29 is 4.74 Å². The lowest BCUT2D eigenvalue weighted by atomic mass is 9.76. The van der Waals surface area contributed by atoms with Crippen LogP contribution in [0.15, 0.2) is 67.3 Å². The summed E-state index contributed by atoms with van der Waals surface area (Å²) in [6.07, 6.45) is 1.98. The average Bonchev–Trinajstić information content (AvgIpc) is 2.47. The first-order valence-electron chi connectivity index (χ1n) is 6.04. The van der Waals surface area contributed by atoms with Crippen LogP contribution in [0.4, 0.5) is 0 Å². The van der Waals surface area contributed by atoms with Gasteiger partial charge in [-0.3, -0.25) is 0 Å². The Bertz CT molecular complexity index is 530. The highest BCUT2D eigenvalue weighted by molar-refractivity contribution is 5.45. The fourth-order valence-corrected chi connectivity index (χ4v) is 2.13. The van der Waals surface area contributed by atoms with E-state index < -0.39 is 0 Å². The van der Waals surface area contributed by atoms with Crippen LogP contribution >= 0.6 is 0 Å². The molecule has 0 radical (unpaired) electrons. The summed E-state index contributed by atoms with van der Waals surface area (Å²) in [6, 6.07) is 18.5. The Labute approximate surface area is 109 Å². The second-order valence-electron chi connectivity index (χ2n) is 4.50. The van der Waals surface area contributed by atoms with E-state index in [2.05, 4.69) is 49.9 Å². The van der Waals surface area contributed by atoms with Crippen molar-refractivity contribution in [3.8, 4) is 5.75 Å². The van der Waals surface area contributed by atoms with Crippen molar-refractivity contribution in [2.45, 2.75) is 12.3 Å². The third-order valence-corrected chi connectivity index (χ3v) is 3.45. The predicted molar refractivity (Wildman–Crippen MR) is 76.1 cm³/mol. The molecule has 1 nitrogen and oxygen atoms in total. The summed E-state index contributed by atoms with van der Waals surface area (Å²) in [5.41, 5.74) is 2.21. The highest BCUT2D eigenvalue weighted by Crippen LogP contribution is 2.34. The monoisotopic (exact) mass is 238 g/mol. The minimum Gasteiger partial charge on any atom is -0.497 e. The zero-order valence-corrected chi connectivity index (χ0v) is 10.9. The molecule has 1 atom stereocenters. The number of hydrogen-bond acceptors (Lipinski definition) is 1. The van der Waals surface area contributed by atoms with Crippen molar-refractivity contribution in [2.24, 2.45) is 0 Å². The van der Waals surface area contributed by atoms with E-state index >= 15 is 0 Å². The minimum absolute atomic E-state index is 0.199. The van der Waals surface area contributed by atoms with Crippen molar-refractivity contribution in [2.75, 3.05) is 7.11 Å². The number of methoxy groups -OCH3 is 1. The van der Waals surface area contributed by atoms with Crippen molar-refractivity contribution in [3.63, 3.8) is 0 Å². The first-order valence-corrected chi connectivity index (χ1v) is 6.04. The fraction of sp³-hybridized carbons (Fsp3) is 0.176. The molecule has 0 aliphatic rings. The molecule has 0 aliphatic carbocycles. The van der Waals surface area contributed by atoms with Gasteiger partial charge in [0.1, 0.15) is 5.75 Å². The van der Waals surface area contributed by atoms with Crippen LogP contribution in [-0.2, 0) is 5.41 Å². The van der Waals surface area contributed by atoms with E-state index in [1.165, 1.54) is 11.1 Å². The minimum atomic E-state index is -0.199. The van der Waals surface area contributed by atoms with Crippen LogP contribution in [0.1, 0.15) is 18.1 Å². The molecule has 0 aromatic heterocycles. The molecule has 0 heterocycles. The summed E-state index contributed by atoms with van der Waals surface area (Å²) in [5.74, 6) is 0.872. The fourth-order valence-electron chi connectivity index (χ4n) is 2.13. The van der Waals surface area contributed by atoms with E-state index in [1.54, 1.807) is 7.11 Å². The van der Waals surface area contributed by atoms with Crippen LogP contribution in [0, 0.1) is 0 Å². The second kappa shape index (κ2) is 5.09. The molecule has 1 heteroatoms. The van der Waals surface area contributed by atoms with Gasteiger partial charge >= 0.3 is 0 Å². The van der Waals surface area contributed by atoms with Gasteiger partial charge in [-0.2, -0.15) is 0 Å². The van der Waals surface area contributed by atoms with Gasteiger partial charge in [0.15, 0.2) is 0 Å². The number of benzene rings is 2. The van der Waals surface area contributed by atoms with E-state index in [0.717, 1.165) is 5.75 Å². The van der Waals surface area contributed by atoms with Crippen molar-refractivity contribution in [3.05, 3.63) is 78.4 Å².